The van der Waals surface area contributed by atoms with Gasteiger partial charge in [0, 0.05) is 11.7 Å². The molecule has 1 N–H and O–H groups in total. The van der Waals surface area contributed by atoms with E-state index in [1.807, 2.05) is 6.07 Å². The molecule has 2 rings (SSSR count). The highest BCUT2D eigenvalue weighted by Crippen LogP contribution is 2.14. The lowest BCUT2D eigenvalue weighted by Crippen LogP contribution is -2.17. The Bertz CT molecular complexity index is 439. The highest BCUT2D eigenvalue weighted by molar-refractivity contribution is 7.07. The molecule has 1 aromatic heterocycles. The third kappa shape index (κ3) is 3.07. The van der Waals surface area contributed by atoms with Gasteiger partial charge in [0.25, 0.3) is 0 Å². The van der Waals surface area contributed by atoms with Crippen molar-refractivity contribution >= 4 is 17.0 Å². The standard InChI is InChI=1S/C13H14FNS/c1-10(7-11-5-6-16-9-11)15-13-4-2-3-12(14)8-13/h2-6,8-10,15H,7H2,1H3. The Hall–Kier alpha value is -1.35. The van der Waals surface area contributed by atoms with Crippen LogP contribution in [0.3, 0.4) is 0 Å². The maximum absolute atomic E-state index is 13.0. The van der Waals surface area contributed by atoms with Crippen molar-refractivity contribution in [2.75, 3.05) is 5.32 Å². The van der Waals surface area contributed by atoms with Gasteiger partial charge in [0.15, 0.2) is 0 Å². The second-order valence-corrected chi connectivity index (χ2v) is 4.67. The first-order chi connectivity index (χ1) is 7.74. The van der Waals surface area contributed by atoms with Crippen molar-refractivity contribution in [2.24, 2.45) is 0 Å². The van der Waals surface area contributed by atoms with Crippen LogP contribution in [-0.4, -0.2) is 6.04 Å². The van der Waals surface area contributed by atoms with Crippen molar-refractivity contribution in [3.8, 4) is 0 Å². The Kier molecular flexibility index (Phi) is 3.57. The van der Waals surface area contributed by atoms with Crippen LogP contribution in [0.4, 0.5) is 10.1 Å². The molecule has 0 spiro atoms. The number of anilines is 1. The van der Waals surface area contributed by atoms with Crippen LogP contribution in [0.15, 0.2) is 41.1 Å². The van der Waals surface area contributed by atoms with E-state index in [2.05, 4.69) is 29.1 Å². The van der Waals surface area contributed by atoms with Gasteiger partial charge in [-0.05, 0) is 53.9 Å². The first-order valence-corrected chi connectivity index (χ1v) is 6.21. The zero-order valence-corrected chi connectivity index (χ0v) is 9.93. The minimum Gasteiger partial charge on any atom is -0.382 e. The van der Waals surface area contributed by atoms with Crippen molar-refractivity contribution < 1.29 is 4.39 Å². The van der Waals surface area contributed by atoms with Crippen LogP contribution >= 0.6 is 11.3 Å². The van der Waals surface area contributed by atoms with E-state index in [1.165, 1.54) is 17.7 Å². The molecule has 0 aliphatic rings. The first kappa shape index (κ1) is 11.1. The maximum Gasteiger partial charge on any atom is 0.125 e. The van der Waals surface area contributed by atoms with Crippen molar-refractivity contribution in [1.82, 2.24) is 0 Å². The second kappa shape index (κ2) is 5.12. The molecule has 16 heavy (non-hydrogen) atoms. The Morgan fingerprint density at radius 2 is 2.25 bits per heavy atom. The Balaban J connectivity index is 1.94. The van der Waals surface area contributed by atoms with Gasteiger partial charge in [-0.3, -0.25) is 0 Å². The average molecular weight is 235 g/mol. The Morgan fingerprint density at radius 1 is 1.38 bits per heavy atom. The van der Waals surface area contributed by atoms with Gasteiger partial charge in [-0.2, -0.15) is 11.3 Å². The zero-order chi connectivity index (χ0) is 11.4. The van der Waals surface area contributed by atoms with E-state index in [0.29, 0.717) is 6.04 Å². The van der Waals surface area contributed by atoms with Gasteiger partial charge < -0.3 is 5.32 Å². The van der Waals surface area contributed by atoms with Gasteiger partial charge in [0.2, 0.25) is 0 Å². The highest BCUT2D eigenvalue weighted by atomic mass is 32.1. The zero-order valence-electron chi connectivity index (χ0n) is 9.11. The lowest BCUT2D eigenvalue weighted by Gasteiger charge is -2.14. The van der Waals surface area contributed by atoms with Crippen LogP contribution in [0.1, 0.15) is 12.5 Å². The molecule has 0 fully saturated rings. The molecule has 1 aromatic carbocycles. The molecule has 0 radical (unpaired) electrons. The minimum atomic E-state index is -0.201. The maximum atomic E-state index is 13.0. The lowest BCUT2D eigenvalue weighted by atomic mass is 10.1. The molecule has 1 nitrogen and oxygen atoms in total. The summed E-state index contributed by atoms with van der Waals surface area (Å²) in [7, 11) is 0. The van der Waals surface area contributed by atoms with E-state index in [9.17, 15) is 4.39 Å². The number of hydrogen-bond donors (Lipinski definition) is 1. The highest BCUT2D eigenvalue weighted by Gasteiger charge is 2.04. The summed E-state index contributed by atoms with van der Waals surface area (Å²) in [5.41, 5.74) is 2.16. The summed E-state index contributed by atoms with van der Waals surface area (Å²) < 4.78 is 13.0. The first-order valence-electron chi connectivity index (χ1n) is 5.27. The summed E-state index contributed by atoms with van der Waals surface area (Å²) in [6.07, 6.45) is 0.958. The number of benzene rings is 1. The molecular weight excluding hydrogens is 221 g/mol. The molecule has 0 amide bonds. The lowest BCUT2D eigenvalue weighted by molar-refractivity contribution is 0.627. The van der Waals surface area contributed by atoms with Gasteiger partial charge in [-0.25, -0.2) is 4.39 Å². The Labute approximate surface area is 98.9 Å². The summed E-state index contributed by atoms with van der Waals surface area (Å²) in [5.74, 6) is -0.201. The topological polar surface area (TPSA) is 12.0 Å². The Morgan fingerprint density at radius 3 is 2.94 bits per heavy atom. The van der Waals surface area contributed by atoms with Crippen LogP contribution in [0.2, 0.25) is 0 Å². The molecule has 0 saturated heterocycles. The number of nitrogens with one attached hydrogen (secondary N) is 1. The average Bonchev–Trinajstić information content (AvgIpc) is 2.70. The largest absolute Gasteiger partial charge is 0.382 e. The quantitative estimate of drug-likeness (QED) is 0.846. The van der Waals surface area contributed by atoms with Crippen LogP contribution in [0, 0.1) is 5.82 Å². The number of hydrogen-bond acceptors (Lipinski definition) is 2. The van der Waals surface area contributed by atoms with Gasteiger partial charge in [0.05, 0.1) is 0 Å². The smallest absolute Gasteiger partial charge is 0.125 e. The SMILES string of the molecule is CC(Cc1ccsc1)Nc1cccc(F)c1. The van der Waals surface area contributed by atoms with Crippen LogP contribution in [0.5, 0.6) is 0 Å². The summed E-state index contributed by atoms with van der Waals surface area (Å²) in [4.78, 5) is 0. The molecule has 0 aliphatic heterocycles. The molecular formula is C13H14FNS. The molecule has 1 heterocycles. The number of rotatable bonds is 4. The number of halogens is 1. The van der Waals surface area contributed by atoms with E-state index in [1.54, 1.807) is 17.4 Å². The van der Waals surface area contributed by atoms with Crippen LogP contribution in [-0.2, 0) is 6.42 Å². The third-order valence-corrected chi connectivity index (χ3v) is 3.09. The van der Waals surface area contributed by atoms with E-state index < -0.39 is 0 Å². The van der Waals surface area contributed by atoms with Gasteiger partial charge in [0.1, 0.15) is 5.82 Å². The van der Waals surface area contributed by atoms with E-state index in [-0.39, 0.29) is 5.82 Å². The normalized spacial score (nSPS) is 12.4. The molecule has 2 aromatic rings. The molecule has 0 aliphatic carbocycles. The summed E-state index contributed by atoms with van der Waals surface area (Å²) in [5, 5.41) is 7.50. The summed E-state index contributed by atoms with van der Waals surface area (Å²) in [6.45, 7) is 2.10. The summed E-state index contributed by atoms with van der Waals surface area (Å²) in [6, 6.07) is 8.99. The molecule has 0 bridgehead atoms. The third-order valence-electron chi connectivity index (χ3n) is 2.36. The molecule has 1 atom stereocenters. The fourth-order valence-electron chi connectivity index (χ4n) is 1.68. The fourth-order valence-corrected chi connectivity index (χ4v) is 2.36. The van der Waals surface area contributed by atoms with Crippen molar-refractivity contribution in [1.29, 1.82) is 0 Å². The molecule has 0 saturated carbocycles. The molecule has 3 heteroatoms. The van der Waals surface area contributed by atoms with E-state index >= 15 is 0 Å². The van der Waals surface area contributed by atoms with E-state index in [0.717, 1.165) is 12.1 Å². The van der Waals surface area contributed by atoms with Gasteiger partial charge in [-0.1, -0.05) is 6.07 Å². The number of thiophene rings is 1. The second-order valence-electron chi connectivity index (χ2n) is 3.89. The van der Waals surface area contributed by atoms with Crippen molar-refractivity contribution in [3.63, 3.8) is 0 Å². The van der Waals surface area contributed by atoms with Gasteiger partial charge >= 0.3 is 0 Å². The minimum absolute atomic E-state index is 0.201. The molecule has 1 unspecified atom stereocenters. The predicted octanol–water partition coefficient (Wildman–Crippen LogP) is 3.93. The van der Waals surface area contributed by atoms with Crippen LogP contribution < -0.4 is 5.32 Å². The van der Waals surface area contributed by atoms with Crippen molar-refractivity contribution in [2.45, 2.75) is 19.4 Å². The predicted molar refractivity (Wildman–Crippen MR) is 67.5 cm³/mol. The summed E-state index contributed by atoms with van der Waals surface area (Å²) >= 11 is 1.70. The molecule has 84 valence electrons. The monoisotopic (exact) mass is 235 g/mol. The van der Waals surface area contributed by atoms with Gasteiger partial charge in [-0.15, -0.1) is 0 Å². The van der Waals surface area contributed by atoms with E-state index in [4.69, 9.17) is 0 Å². The van der Waals surface area contributed by atoms with Crippen molar-refractivity contribution in [3.05, 3.63) is 52.5 Å². The van der Waals surface area contributed by atoms with Crippen LogP contribution in [0.25, 0.3) is 0 Å². The fraction of sp³-hybridized carbons (Fsp3) is 0.231.